The van der Waals surface area contributed by atoms with Crippen LogP contribution in [0, 0.1) is 0 Å². The summed E-state index contributed by atoms with van der Waals surface area (Å²) < 4.78 is 0. The Morgan fingerprint density at radius 2 is 0.667 bits per heavy atom. The Morgan fingerprint density at radius 1 is 0.389 bits per heavy atom. The van der Waals surface area contributed by atoms with Crippen molar-refractivity contribution < 1.29 is 0 Å². The van der Waals surface area contributed by atoms with E-state index in [-0.39, 0.29) is 0 Å². The Hall–Kier alpha value is -0.0800. The van der Waals surface area contributed by atoms with Gasteiger partial charge in [-0.1, -0.05) is 51.4 Å². The van der Waals surface area contributed by atoms with Crippen molar-refractivity contribution in [2.75, 3.05) is 39.3 Å². The van der Waals surface area contributed by atoms with Crippen molar-refractivity contribution in [3.63, 3.8) is 0 Å². The molecule has 2 aliphatic heterocycles. The van der Waals surface area contributed by atoms with E-state index in [1.165, 1.54) is 103 Å². The Bertz CT molecular complexity index is 175. The zero-order valence-corrected chi connectivity index (χ0v) is 12.2. The lowest BCUT2D eigenvalue weighted by Crippen LogP contribution is -1.98. The first-order chi connectivity index (χ1) is 8.95. The quantitative estimate of drug-likeness (QED) is 0.365. The van der Waals surface area contributed by atoms with Gasteiger partial charge in [-0.15, -0.1) is 0 Å². The zero-order valence-electron chi connectivity index (χ0n) is 12.2. The molecule has 106 valence electrons. The number of nitrogens with zero attached hydrogens (tertiary/aromatic N) is 2. The van der Waals surface area contributed by atoms with Crippen LogP contribution in [0.15, 0.2) is 0 Å². The van der Waals surface area contributed by atoms with E-state index < -0.39 is 0 Å². The molecule has 2 rings (SSSR count). The van der Waals surface area contributed by atoms with Crippen LogP contribution in [0.3, 0.4) is 0 Å². The summed E-state index contributed by atoms with van der Waals surface area (Å²) >= 11 is 0. The minimum Gasteiger partial charge on any atom is -0.301 e. The molecule has 2 fully saturated rings. The maximum atomic E-state index is 2.54. The lowest BCUT2D eigenvalue weighted by molar-refractivity contribution is 0.485. The van der Waals surface area contributed by atoms with Gasteiger partial charge in [0, 0.05) is 26.2 Å². The minimum atomic E-state index is 1.37. The first-order valence-electron chi connectivity index (χ1n) is 8.40. The van der Waals surface area contributed by atoms with Gasteiger partial charge in [-0.05, 0) is 25.9 Å². The summed E-state index contributed by atoms with van der Waals surface area (Å²) in [6.07, 6.45) is 14.7. The van der Waals surface area contributed by atoms with Crippen molar-refractivity contribution in [3.05, 3.63) is 0 Å². The highest BCUT2D eigenvalue weighted by Crippen LogP contribution is 2.13. The van der Waals surface area contributed by atoms with Crippen molar-refractivity contribution in [1.82, 2.24) is 9.80 Å². The normalized spacial score (nSPS) is 19.3. The highest BCUT2D eigenvalue weighted by atomic mass is 15.3. The number of unbranched alkanes of at least 4 members (excludes halogenated alkanes) is 9. The van der Waals surface area contributed by atoms with Crippen LogP contribution >= 0.6 is 0 Å². The van der Waals surface area contributed by atoms with Gasteiger partial charge in [0.25, 0.3) is 0 Å². The van der Waals surface area contributed by atoms with Crippen LogP contribution in [0.4, 0.5) is 0 Å². The average Bonchev–Trinajstić information content (AvgIpc) is 3.25. The first-order valence-corrected chi connectivity index (χ1v) is 8.40. The molecule has 2 aliphatic rings. The van der Waals surface area contributed by atoms with E-state index >= 15 is 0 Å². The molecule has 2 heteroatoms. The molecule has 0 aromatic rings. The van der Waals surface area contributed by atoms with E-state index in [0.717, 1.165) is 0 Å². The second-order valence-electron chi connectivity index (χ2n) is 6.22. The van der Waals surface area contributed by atoms with E-state index in [2.05, 4.69) is 9.80 Å². The van der Waals surface area contributed by atoms with Crippen molar-refractivity contribution in [2.45, 2.75) is 64.2 Å². The third kappa shape index (κ3) is 8.10. The van der Waals surface area contributed by atoms with Crippen LogP contribution in [0.2, 0.25) is 0 Å². The zero-order chi connectivity index (χ0) is 12.5. The smallest absolute Gasteiger partial charge is 0.0110 e. The van der Waals surface area contributed by atoms with Gasteiger partial charge in [-0.3, -0.25) is 0 Å². The Kier molecular flexibility index (Phi) is 7.11. The second-order valence-corrected chi connectivity index (χ2v) is 6.22. The molecule has 0 atom stereocenters. The number of rotatable bonds is 13. The molecular weight excluding hydrogens is 220 g/mol. The van der Waals surface area contributed by atoms with E-state index in [4.69, 9.17) is 0 Å². The molecule has 0 unspecified atom stereocenters. The van der Waals surface area contributed by atoms with E-state index in [0.29, 0.717) is 0 Å². The summed E-state index contributed by atoms with van der Waals surface area (Å²) in [4.78, 5) is 5.08. The van der Waals surface area contributed by atoms with Crippen LogP contribution in [0.1, 0.15) is 64.2 Å². The molecule has 2 nitrogen and oxygen atoms in total. The van der Waals surface area contributed by atoms with Crippen molar-refractivity contribution >= 4 is 0 Å². The monoisotopic (exact) mass is 252 g/mol. The largest absolute Gasteiger partial charge is 0.301 e. The summed E-state index contributed by atoms with van der Waals surface area (Å²) in [7, 11) is 0. The molecule has 0 radical (unpaired) electrons. The summed E-state index contributed by atoms with van der Waals surface area (Å²) in [5.74, 6) is 0. The van der Waals surface area contributed by atoms with Crippen molar-refractivity contribution in [2.24, 2.45) is 0 Å². The second kappa shape index (κ2) is 8.92. The highest BCUT2D eigenvalue weighted by molar-refractivity contribution is 4.72. The first kappa shape index (κ1) is 14.3. The van der Waals surface area contributed by atoms with Gasteiger partial charge in [-0.25, -0.2) is 0 Å². The molecule has 0 saturated carbocycles. The van der Waals surface area contributed by atoms with Crippen LogP contribution in [-0.2, 0) is 0 Å². The highest BCUT2D eigenvalue weighted by Gasteiger charge is 2.15. The van der Waals surface area contributed by atoms with Crippen LogP contribution in [0.25, 0.3) is 0 Å². The molecule has 0 aromatic carbocycles. The predicted octanol–water partition coefficient (Wildman–Crippen LogP) is 3.52. The topological polar surface area (TPSA) is 6.02 Å². The molecule has 0 N–H and O–H groups in total. The molecule has 0 aromatic heterocycles. The molecule has 2 saturated heterocycles. The van der Waals surface area contributed by atoms with Crippen molar-refractivity contribution in [3.8, 4) is 0 Å². The maximum Gasteiger partial charge on any atom is 0.0110 e. The van der Waals surface area contributed by atoms with Gasteiger partial charge in [0.2, 0.25) is 0 Å². The van der Waals surface area contributed by atoms with Gasteiger partial charge in [-0.2, -0.15) is 0 Å². The Morgan fingerprint density at radius 3 is 0.944 bits per heavy atom. The molecule has 0 amide bonds. The predicted molar refractivity (Wildman–Crippen MR) is 79.1 cm³/mol. The SMILES string of the molecule is C(CCCCCCN1CC1)CCCCCN1CC1. The lowest BCUT2D eigenvalue weighted by Gasteiger charge is -2.03. The molecule has 0 aliphatic carbocycles. The fourth-order valence-corrected chi connectivity index (χ4v) is 2.67. The standard InChI is InChI=1S/C16H32N2/c1(3-5-7-9-11-17-13-14-17)2-4-6-8-10-12-18-15-16-18/h1-16H2. The van der Waals surface area contributed by atoms with Crippen LogP contribution in [-0.4, -0.2) is 49.1 Å². The van der Waals surface area contributed by atoms with Crippen LogP contribution < -0.4 is 0 Å². The van der Waals surface area contributed by atoms with E-state index in [1.54, 1.807) is 0 Å². The third-order valence-corrected chi connectivity index (χ3v) is 4.28. The molecule has 18 heavy (non-hydrogen) atoms. The Labute approximate surface area is 114 Å². The third-order valence-electron chi connectivity index (χ3n) is 4.28. The van der Waals surface area contributed by atoms with Gasteiger partial charge in [0.1, 0.15) is 0 Å². The number of hydrogen-bond donors (Lipinski definition) is 0. The van der Waals surface area contributed by atoms with E-state index in [1.807, 2.05) is 0 Å². The minimum absolute atomic E-state index is 1.37. The molecule has 0 spiro atoms. The van der Waals surface area contributed by atoms with Gasteiger partial charge in [0.15, 0.2) is 0 Å². The summed E-state index contributed by atoms with van der Waals surface area (Å²) in [6.45, 7) is 8.24. The fraction of sp³-hybridized carbons (Fsp3) is 1.00. The molecule has 2 heterocycles. The average molecular weight is 252 g/mol. The van der Waals surface area contributed by atoms with Crippen molar-refractivity contribution in [1.29, 1.82) is 0 Å². The maximum absolute atomic E-state index is 2.54. The van der Waals surface area contributed by atoms with Crippen LogP contribution in [0.5, 0.6) is 0 Å². The fourth-order valence-electron chi connectivity index (χ4n) is 2.67. The number of hydrogen-bond acceptors (Lipinski definition) is 2. The summed E-state index contributed by atoms with van der Waals surface area (Å²) in [6, 6.07) is 0. The van der Waals surface area contributed by atoms with Gasteiger partial charge < -0.3 is 9.80 Å². The van der Waals surface area contributed by atoms with E-state index in [9.17, 15) is 0 Å². The molecule has 0 bridgehead atoms. The Balaban J connectivity index is 1.19. The molecular formula is C16H32N2. The van der Waals surface area contributed by atoms with Gasteiger partial charge >= 0.3 is 0 Å². The van der Waals surface area contributed by atoms with Gasteiger partial charge in [0.05, 0.1) is 0 Å². The summed E-state index contributed by atoms with van der Waals surface area (Å²) in [5, 5.41) is 0. The summed E-state index contributed by atoms with van der Waals surface area (Å²) in [5.41, 5.74) is 0. The lowest BCUT2D eigenvalue weighted by atomic mass is 10.1.